The third kappa shape index (κ3) is 12.5. The second kappa shape index (κ2) is 8.34. The van der Waals surface area contributed by atoms with E-state index in [1.165, 1.54) is 6.92 Å². The summed E-state index contributed by atoms with van der Waals surface area (Å²) in [5.74, 6) is 0.0203. The average Bonchev–Trinajstić information content (AvgIpc) is 2.21. The molecule has 0 aromatic carbocycles. The molecule has 0 aromatic heterocycles. The van der Waals surface area contributed by atoms with Gasteiger partial charge in [0.25, 0.3) is 0 Å². The average molecular weight is 273 g/mol. The van der Waals surface area contributed by atoms with Crippen LogP contribution in [0.3, 0.4) is 0 Å². The van der Waals surface area contributed by atoms with E-state index in [-0.39, 0.29) is 24.9 Å². The van der Waals surface area contributed by atoms with Crippen LogP contribution >= 0.6 is 0 Å². The Labute approximate surface area is 113 Å². The number of Topliss-reactive ketones (excluding diaryl/α,β-unsaturated/α-hetero) is 1. The van der Waals surface area contributed by atoms with Gasteiger partial charge in [0, 0.05) is 26.1 Å². The monoisotopic (exact) mass is 273 g/mol. The van der Waals surface area contributed by atoms with Crippen molar-refractivity contribution in [2.75, 3.05) is 19.6 Å². The lowest BCUT2D eigenvalue weighted by molar-refractivity contribution is -0.116. The molecule has 7 nitrogen and oxygen atoms in total. The van der Waals surface area contributed by atoms with Crippen LogP contribution in [0, 0.1) is 0 Å². The molecule has 0 rings (SSSR count). The molecule has 0 radical (unpaired) electrons. The third-order valence-corrected chi connectivity index (χ3v) is 1.84. The summed E-state index contributed by atoms with van der Waals surface area (Å²) in [5, 5.41) is 7.58. The second-order valence-electron chi connectivity index (χ2n) is 5.06. The Bertz CT molecular complexity index is 323. The molecule has 3 amide bonds. The van der Waals surface area contributed by atoms with Gasteiger partial charge in [-0.1, -0.05) is 0 Å². The van der Waals surface area contributed by atoms with Gasteiger partial charge in [0.1, 0.15) is 11.4 Å². The number of hydrogen-bond donors (Lipinski definition) is 3. The summed E-state index contributed by atoms with van der Waals surface area (Å²) >= 11 is 0. The number of carbonyl (C=O) groups excluding carboxylic acids is 3. The van der Waals surface area contributed by atoms with Crippen LogP contribution < -0.4 is 16.0 Å². The van der Waals surface area contributed by atoms with Gasteiger partial charge in [0.05, 0.1) is 0 Å². The number of alkyl carbamates (subject to hydrolysis) is 1. The fraction of sp³-hybridized carbons (Fsp3) is 0.750. The standard InChI is InChI=1S/C12H23N3O4/c1-9(16)5-6-13-10(17)14-7-8-15-11(18)19-12(2,3)4/h5-8H2,1-4H3,(H,15,18)(H2,13,14,17). The predicted octanol–water partition coefficient (Wildman–Crippen LogP) is 0.789. The van der Waals surface area contributed by atoms with E-state index in [0.717, 1.165) is 0 Å². The highest BCUT2D eigenvalue weighted by Gasteiger charge is 2.15. The molecule has 110 valence electrons. The van der Waals surface area contributed by atoms with Crippen molar-refractivity contribution in [1.29, 1.82) is 0 Å². The molecule has 0 saturated heterocycles. The van der Waals surface area contributed by atoms with E-state index in [2.05, 4.69) is 16.0 Å². The lowest BCUT2D eigenvalue weighted by atomic mass is 10.2. The van der Waals surface area contributed by atoms with Crippen LogP contribution in [0.5, 0.6) is 0 Å². The molecule has 7 heteroatoms. The van der Waals surface area contributed by atoms with Crippen molar-refractivity contribution in [3.8, 4) is 0 Å². The topological polar surface area (TPSA) is 96.5 Å². The normalized spacial score (nSPS) is 10.5. The first-order chi connectivity index (χ1) is 8.70. The largest absolute Gasteiger partial charge is 0.444 e. The van der Waals surface area contributed by atoms with E-state index in [0.29, 0.717) is 13.0 Å². The van der Waals surface area contributed by atoms with Crippen LogP contribution in [0.4, 0.5) is 9.59 Å². The highest BCUT2D eigenvalue weighted by atomic mass is 16.6. The molecule has 0 unspecified atom stereocenters. The maximum atomic E-state index is 11.3. The molecule has 0 spiro atoms. The summed E-state index contributed by atoms with van der Waals surface area (Å²) < 4.78 is 5.02. The molecule has 0 aliphatic carbocycles. The minimum absolute atomic E-state index is 0.0203. The van der Waals surface area contributed by atoms with Crippen molar-refractivity contribution >= 4 is 17.9 Å². The molecule has 0 aliphatic rings. The van der Waals surface area contributed by atoms with Gasteiger partial charge in [0.15, 0.2) is 0 Å². The molecule has 3 N–H and O–H groups in total. The number of rotatable bonds is 6. The van der Waals surface area contributed by atoms with Gasteiger partial charge in [-0.25, -0.2) is 9.59 Å². The van der Waals surface area contributed by atoms with Crippen LogP contribution in [0.25, 0.3) is 0 Å². The number of ether oxygens (including phenoxy) is 1. The maximum Gasteiger partial charge on any atom is 0.407 e. The molecular weight excluding hydrogens is 250 g/mol. The highest BCUT2D eigenvalue weighted by Crippen LogP contribution is 2.05. The minimum atomic E-state index is -0.540. The van der Waals surface area contributed by atoms with Crippen molar-refractivity contribution in [3.05, 3.63) is 0 Å². The molecule has 0 fully saturated rings. The molecule has 19 heavy (non-hydrogen) atoms. The van der Waals surface area contributed by atoms with Gasteiger partial charge >= 0.3 is 12.1 Å². The van der Waals surface area contributed by atoms with Gasteiger partial charge in [-0.05, 0) is 27.7 Å². The zero-order chi connectivity index (χ0) is 14.9. The zero-order valence-electron chi connectivity index (χ0n) is 12.0. The number of carbonyl (C=O) groups is 3. The van der Waals surface area contributed by atoms with E-state index in [1.54, 1.807) is 20.8 Å². The van der Waals surface area contributed by atoms with Crippen molar-refractivity contribution in [2.24, 2.45) is 0 Å². The second-order valence-corrected chi connectivity index (χ2v) is 5.06. The van der Waals surface area contributed by atoms with E-state index >= 15 is 0 Å². The smallest absolute Gasteiger partial charge is 0.407 e. The van der Waals surface area contributed by atoms with Crippen LogP contribution in [-0.4, -0.2) is 43.1 Å². The van der Waals surface area contributed by atoms with Gasteiger partial charge in [-0.15, -0.1) is 0 Å². The van der Waals surface area contributed by atoms with E-state index < -0.39 is 11.7 Å². The molecule has 0 atom stereocenters. The Balaban J connectivity index is 3.56. The van der Waals surface area contributed by atoms with Gasteiger partial charge in [0.2, 0.25) is 0 Å². The number of hydrogen-bond acceptors (Lipinski definition) is 4. The molecule has 0 aliphatic heterocycles. The van der Waals surface area contributed by atoms with E-state index in [1.807, 2.05) is 0 Å². The van der Waals surface area contributed by atoms with Crippen molar-refractivity contribution in [3.63, 3.8) is 0 Å². The Morgan fingerprint density at radius 3 is 2.00 bits per heavy atom. The van der Waals surface area contributed by atoms with Gasteiger partial charge < -0.3 is 20.7 Å². The van der Waals surface area contributed by atoms with Crippen LogP contribution in [0.2, 0.25) is 0 Å². The zero-order valence-corrected chi connectivity index (χ0v) is 12.0. The van der Waals surface area contributed by atoms with Crippen LogP contribution in [-0.2, 0) is 9.53 Å². The Kier molecular flexibility index (Phi) is 7.55. The lowest BCUT2D eigenvalue weighted by Crippen LogP contribution is -2.41. The summed E-state index contributed by atoms with van der Waals surface area (Å²) in [6, 6.07) is -0.368. The molecule has 0 bridgehead atoms. The van der Waals surface area contributed by atoms with Gasteiger partial charge in [-0.2, -0.15) is 0 Å². The van der Waals surface area contributed by atoms with E-state index in [4.69, 9.17) is 4.74 Å². The molecule has 0 aromatic rings. The number of amides is 3. The SMILES string of the molecule is CC(=O)CCNC(=O)NCCNC(=O)OC(C)(C)C. The van der Waals surface area contributed by atoms with Crippen LogP contribution in [0.15, 0.2) is 0 Å². The summed E-state index contributed by atoms with van der Waals surface area (Å²) in [4.78, 5) is 33.1. The Morgan fingerprint density at radius 1 is 0.947 bits per heavy atom. The Morgan fingerprint density at radius 2 is 1.47 bits per heavy atom. The third-order valence-electron chi connectivity index (χ3n) is 1.84. The molecule has 0 saturated carbocycles. The minimum Gasteiger partial charge on any atom is -0.444 e. The Hall–Kier alpha value is -1.79. The summed E-state index contributed by atoms with van der Waals surface area (Å²) in [6.07, 6.45) is -0.213. The fourth-order valence-electron chi connectivity index (χ4n) is 1.07. The van der Waals surface area contributed by atoms with Crippen molar-refractivity contribution < 1.29 is 19.1 Å². The number of urea groups is 1. The molecule has 0 heterocycles. The van der Waals surface area contributed by atoms with E-state index in [9.17, 15) is 14.4 Å². The first kappa shape index (κ1) is 17.2. The summed E-state index contributed by atoms with van der Waals surface area (Å²) in [5.41, 5.74) is -0.540. The van der Waals surface area contributed by atoms with Gasteiger partial charge in [-0.3, -0.25) is 4.79 Å². The summed E-state index contributed by atoms with van der Waals surface area (Å²) in [7, 11) is 0. The van der Waals surface area contributed by atoms with Crippen LogP contribution in [0.1, 0.15) is 34.1 Å². The lowest BCUT2D eigenvalue weighted by Gasteiger charge is -2.19. The van der Waals surface area contributed by atoms with Crippen molar-refractivity contribution in [1.82, 2.24) is 16.0 Å². The fourth-order valence-corrected chi connectivity index (χ4v) is 1.07. The first-order valence-electron chi connectivity index (χ1n) is 6.18. The number of nitrogens with one attached hydrogen (secondary N) is 3. The maximum absolute atomic E-state index is 11.3. The first-order valence-corrected chi connectivity index (χ1v) is 6.18. The van der Waals surface area contributed by atoms with Crippen molar-refractivity contribution in [2.45, 2.75) is 39.7 Å². The quantitative estimate of drug-likeness (QED) is 0.623. The number of ketones is 1. The predicted molar refractivity (Wildman–Crippen MR) is 70.9 cm³/mol. The highest BCUT2D eigenvalue weighted by molar-refractivity contribution is 5.77. The molecular formula is C12H23N3O4. The summed E-state index contributed by atoms with van der Waals surface area (Å²) in [6.45, 7) is 7.64.